The molecule has 0 aliphatic carbocycles. The average Bonchev–Trinajstić information content (AvgIpc) is 3.04. The molecule has 140 valence electrons. The summed E-state index contributed by atoms with van der Waals surface area (Å²) in [5, 5.41) is 0. The van der Waals surface area contributed by atoms with Crippen molar-refractivity contribution in [1.29, 1.82) is 0 Å². The molecule has 3 atom stereocenters. The number of carbonyl (C=O) groups is 2. The van der Waals surface area contributed by atoms with Crippen LogP contribution in [0.25, 0.3) is 0 Å². The van der Waals surface area contributed by atoms with Crippen molar-refractivity contribution in [3.8, 4) is 0 Å². The second-order valence-corrected chi connectivity index (χ2v) is 7.01. The van der Waals surface area contributed by atoms with E-state index in [0.29, 0.717) is 12.0 Å². The maximum Gasteiger partial charge on any atom is 0.509 e. The van der Waals surface area contributed by atoms with Gasteiger partial charge >= 0.3 is 12.1 Å². The molecule has 0 spiro atoms. The Balaban J connectivity index is 1.67. The smallest absolute Gasteiger partial charge is 0.454 e. The van der Waals surface area contributed by atoms with Crippen molar-refractivity contribution in [2.24, 2.45) is 0 Å². The Morgan fingerprint density at radius 1 is 0.778 bits per heavy atom. The van der Waals surface area contributed by atoms with Crippen molar-refractivity contribution in [3.63, 3.8) is 0 Å². The van der Waals surface area contributed by atoms with Crippen LogP contribution in [0, 0.1) is 0 Å². The van der Waals surface area contributed by atoms with Crippen molar-refractivity contribution < 1.29 is 23.8 Å². The quantitative estimate of drug-likeness (QED) is 0.690. The maximum atomic E-state index is 12.9. The zero-order valence-corrected chi connectivity index (χ0v) is 15.0. The molecule has 0 N–H and O–H groups in total. The number of rotatable bonds is 1. The summed E-state index contributed by atoms with van der Waals surface area (Å²) in [5.74, 6) is -0.346. The summed E-state index contributed by atoms with van der Waals surface area (Å²) in [4.78, 5) is 24.6. The second kappa shape index (κ2) is 7.82. The molecule has 0 unspecified atom stereocenters. The minimum atomic E-state index is -0.638. The molecule has 0 bridgehead atoms. The third-order valence-corrected chi connectivity index (χ3v) is 5.20. The topological polar surface area (TPSA) is 61.8 Å². The van der Waals surface area contributed by atoms with E-state index in [9.17, 15) is 9.59 Å². The molecule has 2 aliphatic heterocycles. The van der Waals surface area contributed by atoms with E-state index in [1.54, 1.807) is 0 Å². The standard InChI is InChI=1S/C22H22O5/c23-21-17-12-6-4-8-15(17)9-5-7-13-18-20(27-22(24)26-18)14-19(25-21)16-10-2-1-3-11-16/h1-4,6,8,10-12,18-20H,5,7,9,13-14H2/t18-,19-,20-/m1/s1. The Kier molecular flexibility index (Phi) is 5.10. The molecule has 2 heterocycles. The number of ether oxygens (including phenoxy) is 3. The molecular formula is C22H22O5. The monoisotopic (exact) mass is 366 g/mol. The van der Waals surface area contributed by atoms with Crippen LogP contribution in [0.1, 0.15) is 53.3 Å². The fraction of sp³-hybridized carbons (Fsp3) is 0.364. The Labute approximate surface area is 158 Å². The molecular weight excluding hydrogens is 344 g/mol. The molecule has 1 saturated heterocycles. The normalized spacial score (nSPS) is 25.7. The number of cyclic esters (lactones) is 1. The van der Waals surface area contributed by atoms with Crippen LogP contribution in [0.4, 0.5) is 4.79 Å². The highest BCUT2D eigenvalue weighted by Gasteiger charge is 2.39. The van der Waals surface area contributed by atoms with Gasteiger partial charge in [-0.15, -0.1) is 0 Å². The van der Waals surface area contributed by atoms with Gasteiger partial charge in [0.05, 0.1) is 5.56 Å². The Morgan fingerprint density at radius 3 is 2.37 bits per heavy atom. The van der Waals surface area contributed by atoms with Gasteiger partial charge in [0.25, 0.3) is 0 Å². The summed E-state index contributed by atoms with van der Waals surface area (Å²) in [6, 6.07) is 17.1. The van der Waals surface area contributed by atoms with E-state index in [1.165, 1.54) is 0 Å². The van der Waals surface area contributed by atoms with E-state index in [1.807, 2.05) is 54.6 Å². The molecule has 0 radical (unpaired) electrons. The highest BCUT2D eigenvalue weighted by Crippen LogP contribution is 2.32. The third-order valence-electron chi connectivity index (χ3n) is 5.20. The Bertz CT molecular complexity index is 816. The molecule has 0 amide bonds. The van der Waals surface area contributed by atoms with Crippen molar-refractivity contribution in [2.45, 2.75) is 50.4 Å². The van der Waals surface area contributed by atoms with Crippen LogP contribution in [-0.2, 0) is 20.6 Å². The van der Waals surface area contributed by atoms with Gasteiger partial charge < -0.3 is 14.2 Å². The molecule has 5 heteroatoms. The first-order valence-electron chi connectivity index (χ1n) is 9.42. The SMILES string of the molecule is O=C1O[C@@H]2CCCCc3ccccc3C(=O)O[C@@H](c3ccccc3)C[C@H]2O1. The first kappa shape index (κ1) is 17.6. The van der Waals surface area contributed by atoms with Crippen LogP contribution in [0.5, 0.6) is 0 Å². The van der Waals surface area contributed by atoms with Gasteiger partial charge in [-0.2, -0.15) is 0 Å². The fourth-order valence-corrected chi connectivity index (χ4v) is 3.79. The number of carbonyl (C=O) groups excluding carboxylic acids is 2. The minimum Gasteiger partial charge on any atom is -0.454 e. The van der Waals surface area contributed by atoms with Crippen molar-refractivity contribution in [3.05, 3.63) is 71.3 Å². The van der Waals surface area contributed by atoms with Gasteiger partial charge in [-0.3, -0.25) is 0 Å². The van der Waals surface area contributed by atoms with Gasteiger partial charge in [0, 0.05) is 6.42 Å². The van der Waals surface area contributed by atoms with Crippen molar-refractivity contribution in [1.82, 2.24) is 0 Å². The number of aryl methyl sites for hydroxylation is 1. The first-order chi connectivity index (χ1) is 13.2. The maximum absolute atomic E-state index is 12.9. The molecule has 2 aromatic rings. The summed E-state index contributed by atoms with van der Waals surface area (Å²) >= 11 is 0. The third kappa shape index (κ3) is 3.97. The minimum absolute atomic E-state index is 0.294. The number of hydrogen-bond donors (Lipinski definition) is 0. The molecule has 5 nitrogen and oxygen atoms in total. The van der Waals surface area contributed by atoms with Gasteiger partial charge in [-0.1, -0.05) is 48.5 Å². The van der Waals surface area contributed by atoms with E-state index in [-0.39, 0.29) is 12.1 Å². The summed E-state index contributed by atoms with van der Waals surface area (Å²) in [6.07, 6.45) is 1.87. The number of esters is 1. The van der Waals surface area contributed by atoms with Crippen LogP contribution in [0.15, 0.2) is 54.6 Å². The van der Waals surface area contributed by atoms with E-state index in [4.69, 9.17) is 14.2 Å². The second-order valence-electron chi connectivity index (χ2n) is 7.01. The predicted molar refractivity (Wildman–Crippen MR) is 98.4 cm³/mol. The highest BCUT2D eigenvalue weighted by atomic mass is 16.8. The highest BCUT2D eigenvalue weighted by molar-refractivity contribution is 5.91. The molecule has 27 heavy (non-hydrogen) atoms. The first-order valence-corrected chi connectivity index (χ1v) is 9.42. The van der Waals surface area contributed by atoms with Crippen molar-refractivity contribution in [2.75, 3.05) is 0 Å². The average molecular weight is 366 g/mol. The molecule has 1 fully saturated rings. The van der Waals surface area contributed by atoms with Crippen LogP contribution in [0.2, 0.25) is 0 Å². The molecule has 0 aromatic heterocycles. The lowest BCUT2D eigenvalue weighted by molar-refractivity contribution is 0.0115. The Morgan fingerprint density at radius 2 is 1.52 bits per heavy atom. The van der Waals surface area contributed by atoms with E-state index in [0.717, 1.165) is 36.8 Å². The lowest BCUT2D eigenvalue weighted by atomic mass is 9.95. The molecule has 0 saturated carbocycles. The Hall–Kier alpha value is -2.82. The van der Waals surface area contributed by atoms with E-state index < -0.39 is 18.4 Å². The zero-order chi connectivity index (χ0) is 18.6. The van der Waals surface area contributed by atoms with Crippen molar-refractivity contribution >= 4 is 12.1 Å². The zero-order valence-electron chi connectivity index (χ0n) is 15.0. The van der Waals surface area contributed by atoms with Gasteiger partial charge in [0.1, 0.15) is 18.3 Å². The van der Waals surface area contributed by atoms with Crippen LogP contribution < -0.4 is 0 Å². The largest absolute Gasteiger partial charge is 0.509 e. The van der Waals surface area contributed by atoms with Gasteiger partial charge in [-0.05, 0) is 42.9 Å². The van der Waals surface area contributed by atoms with Crippen LogP contribution in [-0.4, -0.2) is 24.3 Å². The number of fused-ring (bicyclic) bond motifs is 2. The van der Waals surface area contributed by atoms with Gasteiger partial charge in [0.2, 0.25) is 0 Å². The fourth-order valence-electron chi connectivity index (χ4n) is 3.79. The molecule has 2 aliphatic rings. The summed E-state index contributed by atoms with van der Waals surface area (Å²) in [7, 11) is 0. The lowest BCUT2D eigenvalue weighted by Crippen LogP contribution is -2.27. The summed E-state index contributed by atoms with van der Waals surface area (Å²) in [5.41, 5.74) is 2.48. The van der Waals surface area contributed by atoms with Crippen LogP contribution in [0.3, 0.4) is 0 Å². The van der Waals surface area contributed by atoms with Gasteiger partial charge in [-0.25, -0.2) is 9.59 Å². The predicted octanol–water partition coefficient (Wildman–Crippen LogP) is 4.61. The molecule has 2 aromatic carbocycles. The number of hydrogen-bond acceptors (Lipinski definition) is 5. The van der Waals surface area contributed by atoms with E-state index >= 15 is 0 Å². The summed E-state index contributed by atoms with van der Waals surface area (Å²) in [6.45, 7) is 0. The van der Waals surface area contributed by atoms with Gasteiger partial charge in [0.15, 0.2) is 0 Å². The summed E-state index contributed by atoms with van der Waals surface area (Å²) < 4.78 is 16.6. The number of benzene rings is 2. The van der Waals surface area contributed by atoms with Crippen LogP contribution >= 0.6 is 0 Å². The molecule has 4 rings (SSSR count). The lowest BCUT2D eigenvalue weighted by Gasteiger charge is -2.24. The van der Waals surface area contributed by atoms with E-state index in [2.05, 4.69) is 0 Å².